The van der Waals surface area contributed by atoms with Gasteiger partial charge >= 0.3 is 0 Å². The van der Waals surface area contributed by atoms with Gasteiger partial charge in [-0.25, -0.2) is 8.42 Å². The molecule has 7 nitrogen and oxygen atoms in total. The fourth-order valence-corrected chi connectivity index (χ4v) is 3.42. The summed E-state index contributed by atoms with van der Waals surface area (Å²) in [4.78, 5) is 9.34. The van der Waals surface area contributed by atoms with Crippen LogP contribution in [0.3, 0.4) is 0 Å². The van der Waals surface area contributed by atoms with Crippen LogP contribution in [-0.2, 0) is 14.6 Å². The van der Waals surface area contributed by atoms with E-state index in [1.54, 1.807) is 0 Å². The van der Waals surface area contributed by atoms with E-state index in [0.717, 1.165) is 45.2 Å². The first kappa shape index (κ1) is 23.4. The minimum atomic E-state index is -2.97. The van der Waals surface area contributed by atoms with Crippen LogP contribution in [0.1, 0.15) is 12.5 Å². The largest absolute Gasteiger partial charge is 0.378 e. The Labute approximate surface area is 175 Å². The zero-order valence-corrected chi connectivity index (χ0v) is 18.4. The van der Waals surface area contributed by atoms with Crippen molar-refractivity contribution in [2.75, 3.05) is 71.0 Å². The molecule has 1 aliphatic heterocycles. The van der Waals surface area contributed by atoms with Gasteiger partial charge in [0.05, 0.1) is 25.5 Å². The molecule has 0 aromatic heterocycles. The van der Waals surface area contributed by atoms with Crippen LogP contribution >= 0.6 is 0 Å². The Kier molecular flexibility index (Phi) is 10.2. The zero-order chi connectivity index (χ0) is 21.0. The van der Waals surface area contributed by atoms with Gasteiger partial charge in [-0.1, -0.05) is 42.5 Å². The molecule has 1 aliphatic rings. The minimum absolute atomic E-state index is 0.0530. The molecule has 0 amide bonds. The van der Waals surface area contributed by atoms with Crippen molar-refractivity contribution in [3.63, 3.8) is 0 Å². The first-order valence-corrected chi connectivity index (χ1v) is 12.3. The quantitative estimate of drug-likeness (QED) is 0.349. The highest BCUT2D eigenvalue weighted by atomic mass is 32.2. The van der Waals surface area contributed by atoms with Gasteiger partial charge in [0.1, 0.15) is 9.84 Å². The lowest BCUT2D eigenvalue weighted by Crippen LogP contribution is -2.52. The lowest BCUT2D eigenvalue weighted by atomic mass is 10.2. The highest BCUT2D eigenvalue weighted by Gasteiger charge is 2.18. The van der Waals surface area contributed by atoms with E-state index in [0.29, 0.717) is 13.2 Å². The summed E-state index contributed by atoms with van der Waals surface area (Å²) in [6, 6.07) is 10.4. The second-order valence-corrected chi connectivity index (χ2v) is 9.34. The molecule has 2 rings (SSSR count). The molecule has 1 heterocycles. The number of hydrogen-bond donors (Lipinski definition) is 1. The fraction of sp³-hybridized carbons (Fsp3) is 0.571. The molecule has 1 N–H and O–H groups in total. The van der Waals surface area contributed by atoms with Crippen LogP contribution in [0.5, 0.6) is 0 Å². The third-order valence-electron chi connectivity index (χ3n) is 4.58. The number of benzene rings is 1. The Hall–Kier alpha value is -1.90. The van der Waals surface area contributed by atoms with Crippen molar-refractivity contribution >= 4 is 21.9 Å². The molecule has 162 valence electrons. The van der Waals surface area contributed by atoms with E-state index in [-0.39, 0.29) is 12.4 Å². The van der Waals surface area contributed by atoms with Crippen molar-refractivity contribution in [3.8, 4) is 0 Å². The van der Waals surface area contributed by atoms with Gasteiger partial charge in [0.2, 0.25) is 0 Å². The highest BCUT2D eigenvalue weighted by molar-refractivity contribution is 7.90. The van der Waals surface area contributed by atoms with Crippen molar-refractivity contribution in [2.45, 2.75) is 6.92 Å². The summed E-state index contributed by atoms with van der Waals surface area (Å²) >= 11 is 0. The number of sulfone groups is 1. The third kappa shape index (κ3) is 9.92. The summed E-state index contributed by atoms with van der Waals surface area (Å²) in [7, 11) is -2.97. The van der Waals surface area contributed by atoms with E-state index in [1.807, 2.05) is 6.07 Å². The standard InChI is InChI=1S/C21H34N4O3S/c1-3-22-21(23-11-17-28-18-19-29(2,26)27)25-15-13-24(14-16-25)12-7-10-20-8-5-4-6-9-20/h4-10H,3,11-19H2,1-2H3,(H,22,23)/b10-7+. The average molecular weight is 423 g/mol. The number of rotatable bonds is 10. The Bertz CT molecular complexity index is 742. The van der Waals surface area contributed by atoms with Gasteiger partial charge < -0.3 is 15.0 Å². The molecular formula is C21H34N4O3S. The maximum atomic E-state index is 11.1. The van der Waals surface area contributed by atoms with Crippen LogP contribution in [-0.4, -0.2) is 95.2 Å². The lowest BCUT2D eigenvalue weighted by Gasteiger charge is -2.36. The minimum Gasteiger partial charge on any atom is -0.378 e. The summed E-state index contributed by atoms with van der Waals surface area (Å²) < 4.78 is 27.6. The van der Waals surface area contributed by atoms with Gasteiger partial charge in [-0.15, -0.1) is 0 Å². The van der Waals surface area contributed by atoms with E-state index >= 15 is 0 Å². The molecule has 0 bridgehead atoms. The maximum absolute atomic E-state index is 11.1. The highest BCUT2D eigenvalue weighted by Crippen LogP contribution is 2.05. The van der Waals surface area contributed by atoms with Crippen LogP contribution in [0.25, 0.3) is 6.08 Å². The van der Waals surface area contributed by atoms with Gasteiger partial charge in [-0.2, -0.15) is 0 Å². The van der Waals surface area contributed by atoms with Gasteiger partial charge in [-0.05, 0) is 12.5 Å². The number of nitrogens with zero attached hydrogens (tertiary/aromatic N) is 3. The molecule has 1 saturated heterocycles. The smallest absolute Gasteiger partial charge is 0.194 e. The topological polar surface area (TPSA) is 74.2 Å². The van der Waals surface area contributed by atoms with Crippen molar-refractivity contribution in [1.29, 1.82) is 0 Å². The number of ether oxygens (including phenoxy) is 1. The Morgan fingerprint density at radius 2 is 1.90 bits per heavy atom. The maximum Gasteiger partial charge on any atom is 0.194 e. The monoisotopic (exact) mass is 422 g/mol. The predicted octanol–water partition coefficient (Wildman–Crippen LogP) is 1.34. The number of piperazine rings is 1. The summed E-state index contributed by atoms with van der Waals surface area (Å²) in [6.07, 6.45) is 5.61. The average Bonchev–Trinajstić information content (AvgIpc) is 2.70. The normalized spacial score (nSPS) is 16.5. The van der Waals surface area contributed by atoms with E-state index in [9.17, 15) is 8.42 Å². The van der Waals surface area contributed by atoms with Crippen molar-refractivity contribution in [2.24, 2.45) is 4.99 Å². The van der Waals surface area contributed by atoms with Crippen LogP contribution in [0.4, 0.5) is 0 Å². The molecular weight excluding hydrogens is 388 g/mol. The lowest BCUT2D eigenvalue weighted by molar-refractivity contribution is 0.156. The van der Waals surface area contributed by atoms with Crippen molar-refractivity contribution in [1.82, 2.24) is 15.1 Å². The number of hydrogen-bond acceptors (Lipinski definition) is 5. The molecule has 8 heteroatoms. The number of nitrogens with one attached hydrogen (secondary N) is 1. The molecule has 0 atom stereocenters. The Morgan fingerprint density at radius 1 is 1.17 bits per heavy atom. The van der Waals surface area contributed by atoms with Crippen LogP contribution in [0.2, 0.25) is 0 Å². The second kappa shape index (κ2) is 12.6. The first-order valence-electron chi connectivity index (χ1n) is 10.2. The molecule has 0 unspecified atom stereocenters. The molecule has 0 spiro atoms. The van der Waals surface area contributed by atoms with E-state index in [2.05, 4.69) is 63.5 Å². The number of aliphatic imine (C=N–C) groups is 1. The zero-order valence-electron chi connectivity index (χ0n) is 17.6. The Balaban J connectivity index is 1.71. The van der Waals surface area contributed by atoms with Gasteiger partial charge in [0.15, 0.2) is 5.96 Å². The molecule has 0 radical (unpaired) electrons. The summed E-state index contributed by atoms with van der Waals surface area (Å²) in [5.74, 6) is 0.955. The third-order valence-corrected chi connectivity index (χ3v) is 5.48. The van der Waals surface area contributed by atoms with Crippen molar-refractivity contribution < 1.29 is 13.2 Å². The van der Waals surface area contributed by atoms with Gasteiger partial charge in [0, 0.05) is 45.5 Å². The fourth-order valence-electron chi connectivity index (χ4n) is 3.00. The molecule has 1 fully saturated rings. The molecule has 0 aliphatic carbocycles. The van der Waals surface area contributed by atoms with Crippen LogP contribution in [0, 0.1) is 0 Å². The Morgan fingerprint density at radius 3 is 2.55 bits per heavy atom. The summed E-state index contributed by atoms with van der Waals surface area (Å²) in [5, 5.41) is 3.34. The van der Waals surface area contributed by atoms with E-state index in [4.69, 9.17) is 4.74 Å². The molecule has 1 aromatic rings. The van der Waals surface area contributed by atoms with Crippen LogP contribution < -0.4 is 5.32 Å². The summed E-state index contributed by atoms with van der Waals surface area (Å²) in [5.41, 5.74) is 1.23. The van der Waals surface area contributed by atoms with E-state index in [1.165, 1.54) is 11.8 Å². The molecule has 29 heavy (non-hydrogen) atoms. The van der Waals surface area contributed by atoms with Crippen LogP contribution in [0.15, 0.2) is 41.4 Å². The van der Waals surface area contributed by atoms with Gasteiger partial charge in [0.25, 0.3) is 0 Å². The van der Waals surface area contributed by atoms with Gasteiger partial charge in [-0.3, -0.25) is 9.89 Å². The summed E-state index contributed by atoms with van der Waals surface area (Å²) in [6.45, 7) is 8.84. The molecule has 1 aromatic carbocycles. The first-order chi connectivity index (χ1) is 14.0. The predicted molar refractivity (Wildman–Crippen MR) is 120 cm³/mol. The van der Waals surface area contributed by atoms with E-state index < -0.39 is 9.84 Å². The second-order valence-electron chi connectivity index (χ2n) is 7.08. The number of guanidine groups is 1. The van der Waals surface area contributed by atoms with Crippen molar-refractivity contribution in [3.05, 3.63) is 42.0 Å². The SMILES string of the molecule is CCNC(=NCCOCCS(C)(=O)=O)N1CCN(C/C=C/c2ccccc2)CC1. The molecule has 0 saturated carbocycles.